The molecule has 15 rings (SSSR count). The molecule has 2 aromatic heterocycles. The van der Waals surface area contributed by atoms with E-state index in [0.29, 0.717) is 5.52 Å². The van der Waals surface area contributed by atoms with Gasteiger partial charge in [-0.15, -0.1) is 0 Å². The molecule has 0 aliphatic rings. The van der Waals surface area contributed by atoms with Crippen LogP contribution in [-0.4, -0.2) is 26.8 Å². The summed E-state index contributed by atoms with van der Waals surface area (Å²) in [5.74, 6) is 0. The van der Waals surface area contributed by atoms with Crippen molar-refractivity contribution in [1.29, 1.82) is 0 Å². The Labute approximate surface area is 462 Å². The van der Waals surface area contributed by atoms with Gasteiger partial charge in [-0.05, 0) is 109 Å². The first-order chi connectivity index (χ1) is 39.2. The lowest BCUT2D eigenvalue weighted by atomic mass is 9.89. The zero-order valence-corrected chi connectivity index (χ0v) is 44.5. The van der Waals surface area contributed by atoms with E-state index < -0.39 is 19.7 Å². The Morgan fingerprint density at radius 3 is 0.938 bits per heavy atom. The molecule has 0 aliphatic carbocycles. The molecule has 0 N–H and O–H groups in total. The van der Waals surface area contributed by atoms with Gasteiger partial charge in [-0.2, -0.15) is 0 Å². The van der Waals surface area contributed by atoms with E-state index in [1.54, 1.807) is 72.8 Å². The Morgan fingerprint density at radius 1 is 0.212 bits per heavy atom. The van der Waals surface area contributed by atoms with Crippen molar-refractivity contribution in [3.05, 3.63) is 279 Å². The van der Waals surface area contributed by atoms with E-state index in [1.807, 2.05) is 54.6 Å². The summed E-state index contributed by atoms with van der Waals surface area (Å²) in [6.45, 7) is 0. The minimum absolute atomic E-state index is 0.238. The van der Waals surface area contributed by atoms with Crippen molar-refractivity contribution in [3.63, 3.8) is 0 Å². The van der Waals surface area contributed by atoms with Crippen LogP contribution in [0.4, 0.5) is 0 Å². The fourth-order valence-electron chi connectivity index (χ4n) is 11.6. The van der Waals surface area contributed by atoms with Crippen LogP contribution in [0.1, 0.15) is 0 Å². The molecule has 380 valence electrons. The predicted octanol–water partition coefficient (Wildman–Crippen LogP) is 18.1. The summed E-state index contributed by atoms with van der Waals surface area (Å²) in [5.41, 5.74) is 7.31. The number of hydrogen-bond donors (Lipinski definition) is 0. The average molecular weight is 1070 g/mol. The molecular formula is C72H46N2O4S2. The number of aromatic nitrogens is 2. The van der Waals surface area contributed by atoms with Crippen LogP contribution >= 0.6 is 0 Å². The van der Waals surface area contributed by atoms with E-state index in [0.717, 1.165) is 82.2 Å². The monoisotopic (exact) mass is 1070 g/mol. The zero-order chi connectivity index (χ0) is 54.0. The van der Waals surface area contributed by atoms with Crippen LogP contribution in [0, 0.1) is 0 Å². The fourth-order valence-corrected chi connectivity index (χ4v) is 14.2. The van der Waals surface area contributed by atoms with Gasteiger partial charge < -0.3 is 0 Å². The minimum Gasteiger partial charge on any atom is -0.247 e. The topological polar surface area (TPSA) is 94.1 Å². The molecule has 0 saturated heterocycles. The Balaban J connectivity index is 0.000000146. The molecule has 2 heterocycles. The summed E-state index contributed by atoms with van der Waals surface area (Å²) in [5, 5.41) is 15.9. The summed E-state index contributed by atoms with van der Waals surface area (Å²) in [4.78, 5) is 11.5. The maximum absolute atomic E-state index is 13.5. The largest absolute Gasteiger partial charge is 0.247 e. The molecule has 0 fully saturated rings. The minimum atomic E-state index is -3.68. The summed E-state index contributed by atoms with van der Waals surface area (Å²) < 4.78 is 53.2. The first-order valence-electron chi connectivity index (χ1n) is 26.4. The van der Waals surface area contributed by atoms with Crippen molar-refractivity contribution in [2.24, 2.45) is 0 Å². The van der Waals surface area contributed by atoms with Gasteiger partial charge in [0, 0.05) is 43.4 Å². The van der Waals surface area contributed by atoms with Gasteiger partial charge in [0.15, 0.2) is 0 Å². The molecular weight excluding hydrogens is 1020 g/mol. The normalized spacial score (nSPS) is 11.9. The summed E-state index contributed by atoms with van der Waals surface area (Å²) in [7, 11) is -7.26. The highest BCUT2D eigenvalue weighted by Gasteiger charge is 2.23. The number of fused-ring (bicyclic) bond motifs is 16. The molecule has 0 unspecified atom stereocenters. The van der Waals surface area contributed by atoms with Crippen molar-refractivity contribution in [2.45, 2.75) is 19.6 Å². The molecule has 6 nitrogen and oxygen atoms in total. The predicted molar refractivity (Wildman–Crippen MR) is 329 cm³/mol. The number of hydrogen-bond acceptors (Lipinski definition) is 6. The molecule has 0 atom stereocenters. The van der Waals surface area contributed by atoms with E-state index in [9.17, 15) is 16.8 Å². The average Bonchev–Trinajstić information content (AvgIpc) is 3.72. The van der Waals surface area contributed by atoms with Crippen LogP contribution in [0.2, 0.25) is 0 Å². The van der Waals surface area contributed by atoms with Crippen molar-refractivity contribution in [2.75, 3.05) is 0 Å². The number of nitrogens with zero attached hydrogens (tertiary/aromatic N) is 2. The molecule has 15 aromatic rings. The SMILES string of the molecule is O=S(=O)(c1ccccc1)c1ccc(-c2ccc3c(c2)nc(-c2ccccc2)c2c4ccccc4c4ccccc4c32)cc1.O=S(=O)(c1ccccc1)c1ccc2c(c1)nc(-c1ccccc1)c1c3ccccc3c3ccccc3c21. The van der Waals surface area contributed by atoms with E-state index in [2.05, 4.69) is 152 Å². The third-order valence-electron chi connectivity index (χ3n) is 15.3. The van der Waals surface area contributed by atoms with Crippen LogP contribution in [0.5, 0.6) is 0 Å². The van der Waals surface area contributed by atoms with Gasteiger partial charge >= 0.3 is 0 Å². The third kappa shape index (κ3) is 8.15. The first-order valence-corrected chi connectivity index (χ1v) is 29.3. The van der Waals surface area contributed by atoms with Gasteiger partial charge in [-0.3, -0.25) is 0 Å². The first kappa shape index (κ1) is 48.5. The molecule has 8 heteroatoms. The Hall–Kier alpha value is -9.86. The highest BCUT2D eigenvalue weighted by molar-refractivity contribution is 7.91. The van der Waals surface area contributed by atoms with Crippen molar-refractivity contribution >= 4 is 106 Å². The fraction of sp³-hybridized carbons (Fsp3) is 0. The van der Waals surface area contributed by atoms with Gasteiger partial charge in [-0.1, -0.05) is 224 Å². The van der Waals surface area contributed by atoms with Crippen LogP contribution in [-0.2, 0) is 19.7 Å². The number of pyridine rings is 2. The third-order valence-corrected chi connectivity index (χ3v) is 18.9. The molecule has 0 saturated carbocycles. The Morgan fingerprint density at radius 2 is 0.512 bits per heavy atom. The van der Waals surface area contributed by atoms with Crippen LogP contribution in [0.3, 0.4) is 0 Å². The standard InChI is InChI=1S/C39H25NO2S.C33H21NO2S/c41-43(42,29-13-5-2-6-14-29)30-22-19-26(20-23-30)28-21-24-35-36(25-28)40-39(27-11-3-1-4-12-27)38-34-18-10-8-16-32(34)31-15-7-9-17-33(31)37(35)38;35-37(36,23-13-5-2-6-14-23)24-19-20-29-30(21-24)34-33(22-11-3-1-4-12-22)32-28-18-10-8-16-26(28)25-15-7-9-17-27(25)31(29)32/h1-25H;1-21H. The van der Waals surface area contributed by atoms with Crippen LogP contribution in [0.15, 0.2) is 299 Å². The number of rotatable bonds is 7. The summed E-state index contributed by atoms with van der Waals surface area (Å²) in [6, 6.07) is 90.5. The van der Waals surface area contributed by atoms with Gasteiger partial charge in [-0.25, -0.2) is 26.8 Å². The number of benzene rings is 13. The summed E-state index contributed by atoms with van der Waals surface area (Å²) in [6.07, 6.45) is 0. The van der Waals surface area contributed by atoms with E-state index >= 15 is 0 Å². The lowest BCUT2D eigenvalue weighted by Crippen LogP contribution is -2.02. The summed E-state index contributed by atoms with van der Waals surface area (Å²) >= 11 is 0. The molecule has 13 aromatic carbocycles. The van der Waals surface area contributed by atoms with Crippen LogP contribution < -0.4 is 0 Å². The van der Waals surface area contributed by atoms with Gasteiger partial charge in [0.05, 0.1) is 42.0 Å². The second-order valence-corrected chi connectivity index (χ2v) is 23.8. The van der Waals surface area contributed by atoms with E-state index in [1.165, 1.54) is 32.3 Å². The maximum Gasteiger partial charge on any atom is 0.206 e. The van der Waals surface area contributed by atoms with Gasteiger partial charge in [0.2, 0.25) is 19.7 Å². The van der Waals surface area contributed by atoms with Crippen molar-refractivity contribution in [1.82, 2.24) is 9.97 Å². The zero-order valence-electron chi connectivity index (χ0n) is 42.9. The molecule has 0 bridgehead atoms. The van der Waals surface area contributed by atoms with Gasteiger partial charge in [0.25, 0.3) is 0 Å². The van der Waals surface area contributed by atoms with Crippen molar-refractivity contribution < 1.29 is 16.8 Å². The molecule has 0 spiro atoms. The van der Waals surface area contributed by atoms with E-state index in [4.69, 9.17) is 9.97 Å². The Kier molecular flexibility index (Phi) is 11.9. The second-order valence-electron chi connectivity index (χ2n) is 19.9. The molecule has 0 radical (unpaired) electrons. The lowest BCUT2D eigenvalue weighted by Gasteiger charge is -2.17. The number of sulfone groups is 2. The molecule has 0 aliphatic heterocycles. The van der Waals surface area contributed by atoms with Crippen LogP contribution in [0.25, 0.3) is 120 Å². The lowest BCUT2D eigenvalue weighted by molar-refractivity contribution is 0.594. The molecule has 80 heavy (non-hydrogen) atoms. The van der Waals surface area contributed by atoms with E-state index in [-0.39, 0.29) is 19.6 Å². The maximum atomic E-state index is 13.5. The smallest absolute Gasteiger partial charge is 0.206 e. The van der Waals surface area contributed by atoms with Crippen molar-refractivity contribution in [3.8, 4) is 33.6 Å². The highest BCUT2D eigenvalue weighted by atomic mass is 32.2. The Bertz CT molecular complexity index is 5180. The molecule has 0 amide bonds. The van der Waals surface area contributed by atoms with Gasteiger partial charge in [0.1, 0.15) is 0 Å². The second kappa shape index (κ2) is 19.6. The highest BCUT2D eigenvalue weighted by Crippen LogP contribution is 2.45. The quantitative estimate of drug-likeness (QED) is 0.148.